The molecule has 0 fully saturated rings. The van der Waals surface area contributed by atoms with E-state index in [9.17, 15) is 17.6 Å². The molecule has 0 saturated carbocycles. The van der Waals surface area contributed by atoms with Gasteiger partial charge in [-0.1, -0.05) is 11.6 Å². The standard InChI is InChI=1S/C12H8ClFN2O4S/c13-7-3-9(6-15-5-7)21(19,20)16-8-1-2-10(12(17)18)11(14)4-8/h1-6,16H,(H,17,18). The van der Waals surface area contributed by atoms with E-state index in [1.165, 1.54) is 12.3 Å². The quantitative estimate of drug-likeness (QED) is 0.897. The number of anilines is 1. The Balaban J connectivity index is 2.33. The van der Waals surface area contributed by atoms with Crippen molar-refractivity contribution in [2.24, 2.45) is 0 Å². The normalized spacial score (nSPS) is 11.1. The molecule has 6 nitrogen and oxygen atoms in total. The third-order valence-electron chi connectivity index (χ3n) is 2.44. The van der Waals surface area contributed by atoms with Crippen LogP contribution in [0.3, 0.4) is 0 Å². The first-order valence-electron chi connectivity index (χ1n) is 5.46. The minimum absolute atomic E-state index is 0.113. The van der Waals surface area contributed by atoms with Crippen molar-refractivity contribution in [3.05, 3.63) is 53.1 Å². The molecular weight excluding hydrogens is 323 g/mol. The number of nitrogens with one attached hydrogen (secondary N) is 1. The van der Waals surface area contributed by atoms with Gasteiger partial charge < -0.3 is 5.11 Å². The molecule has 2 aromatic rings. The number of pyridine rings is 1. The van der Waals surface area contributed by atoms with Crippen LogP contribution in [0, 0.1) is 5.82 Å². The average molecular weight is 331 g/mol. The topological polar surface area (TPSA) is 96.4 Å². The number of aromatic nitrogens is 1. The third kappa shape index (κ3) is 3.47. The number of carboxylic acid groups (broad SMARTS) is 1. The molecule has 1 aromatic carbocycles. The zero-order chi connectivity index (χ0) is 15.6. The Morgan fingerprint density at radius 3 is 2.57 bits per heavy atom. The van der Waals surface area contributed by atoms with E-state index >= 15 is 0 Å². The van der Waals surface area contributed by atoms with Gasteiger partial charge in [-0.3, -0.25) is 9.71 Å². The van der Waals surface area contributed by atoms with Gasteiger partial charge in [0.05, 0.1) is 16.3 Å². The molecule has 1 aromatic heterocycles. The number of aromatic carboxylic acids is 1. The van der Waals surface area contributed by atoms with Crippen molar-refractivity contribution >= 4 is 33.3 Å². The van der Waals surface area contributed by atoms with Crippen molar-refractivity contribution in [2.45, 2.75) is 4.90 Å². The lowest BCUT2D eigenvalue weighted by molar-refractivity contribution is 0.0692. The number of halogens is 2. The number of benzene rings is 1. The minimum atomic E-state index is -4.00. The van der Waals surface area contributed by atoms with Crippen molar-refractivity contribution in [3.8, 4) is 0 Å². The van der Waals surface area contributed by atoms with Crippen molar-refractivity contribution in [3.63, 3.8) is 0 Å². The molecule has 1 heterocycles. The van der Waals surface area contributed by atoms with Crippen LogP contribution in [0.2, 0.25) is 5.02 Å². The fourth-order valence-electron chi connectivity index (χ4n) is 1.51. The van der Waals surface area contributed by atoms with Crippen LogP contribution in [0.1, 0.15) is 10.4 Å². The van der Waals surface area contributed by atoms with E-state index in [2.05, 4.69) is 9.71 Å². The van der Waals surface area contributed by atoms with Gasteiger partial charge in [-0.2, -0.15) is 0 Å². The van der Waals surface area contributed by atoms with Gasteiger partial charge in [-0.25, -0.2) is 17.6 Å². The number of rotatable bonds is 4. The molecular formula is C12H8ClFN2O4S. The molecule has 9 heteroatoms. The summed E-state index contributed by atoms with van der Waals surface area (Å²) in [6.07, 6.45) is 2.35. The Morgan fingerprint density at radius 1 is 1.29 bits per heavy atom. The molecule has 0 amide bonds. The molecule has 0 radical (unpaired) electrons. The maximum Gasteiger partial charge on any atom is 0.338 e. The Morgan fingerprint density at radius 2 is 2.00 bits per heavy atom. The van der Waals surface area contributed by atoms with Crippen LogP contribution in [0.4, 0.5) is 10.1 Å². The fraction of sp³-hybridized carbons (Fsp3) is 0. The van der Waals surface area contributed by atoms with Crippen molar-refractivity contribution in [1.29, 1.82) is 0 Å². The molecule has 0 spiro atoms. The maximum atomic E-state index is 13.5. The molecule has 0 aliphatic rings. The highest BCUT2D eigenvalue weighted by Crippen LogP contribution is 2.20. The highest BCUT2D eigenvalue weighted by atomic mass is 35.5. The second kappa shape index (κ2) is 5.66. The van der Waals surface area contributed by atoms with Gasteiger partial charge in [-0.15, -0.1) is 0 Å². The van der Waals surface area contributed by atoms with E-state index in [0.29, 0.717) is 0 Å². The Hall–Kier alpha value is -2.19. The van der Waals surface area contributed by atoms with Crippen LogP contribution < -0.4 is 4.72 Å². The van der Waals surface area contributed by atoms with Crippen molar-refractivity contribution < 1.29 is 22.7 Å². The SMILES string of the molecule is O=C(O)c1ccc(NS(=O)(=O)c2cncc(Cl)c2)cc1F. The van der Waals surface area contributed by atoms with E-state index in [1.54, 1.807) is 0 Å². The molecule has 0 aliphatic heterocycles. The highest BCUT2D eigenvalue weighted by molar-refractivity contribution is 7.92. The summed E-state index contributed by atoms with van der Waals surface area (Å²) < 4.78 is 39.7. The summed E-state index contributed by atoms with van der Waals surface area (Å²) in [4.78, 5) is 14.1. The van der Waals surface area contributed by atoms with Gasteiger partial charge in [0.25, 0.3) is 10.0 Å². The lowest BCUT2D eigenvalue weighted by Crippen LogP contribution is -2.14. The number of hydrogen-bond acceptors (Lipinski definition) is 4. The van der Waals surface area contributed by atoms with Crippen molar-refractivity contribution in [1.82, 2.24) is 4.98 Å². The summed E-state index contributed by atoms with van der Waals surface area (Å²) >= 11 is 5.65. The average Bonchev–Trinajstić information content (AvgIpc) is 2.37. The molecule has 2 N–H and O–H groups in total. The molecule has 0 saturated heterocycles. The Labute approximate surface area is 124 Å². The minimum Gasteiger partial charge on any atom is -0.478 e. The predicted octanol–water partition coefficient (Wildman–Crippen LogP) is 2.37. The van der Waals surface area contributed by atoms with Crippen LogP contribution >= 0.6 is 11.6 Å². The number of sulfonamides is 1. The number of hydrogen-bond donors (Lipinski definition) is 2. The smallest absolute Gasteiger partial charge is 0.338 e. The Bertz CT molecular complexity index is 811. The molecule has 110 valence electrons. The van der Waals surface area contributed by atoms with Gasteiger partial charge in [0.2, 0.25) is 0 Å². The van der Waals surface area contributed by atoms with E-state index in [4.69, 9.17) is 16.7 Å². The first-order chi connectivity index (χ1) is 9.79. The summed E-state index contributed by atoms with van der Waals surface area (Å²) in [7, 11) is -4.00. The predicted molar refractivity (Wildman–Crippen MR) is 73.4 cm³/mol. The van der Waals surface area contributed by atoms with Crippen LogP contribution in [-0.4, -0.2) is 24.5 Å². The summed E-state index contributed by atoms with van der Waals surface area (Å²) in [5.74, 6) is -2.49. The monoisotopic (exact) mass is 330 g/mol. The summed E-state index contributed by atoms with van der Waals surface area (Å²) in [6.45, 7) is 0. The first-order valence-corrected chi connectivity index (χ1v) is 7.32. The van der Waals surface area contributed by atoms with Crippen molar-refractivity contribution in [2.75, 3.05) is 4.72 Å². The van der Waals surface area contributed by atoms with Crippen LogP contribution in [0.25, 0.3) is 0 Å². The lowest BCUT2D eigenvalue weighted by Gasteiger charge is -2.08. The first kappa shape index (κ1) is 15.2. The fourth-order valence-corrected chi connectivity index (χ4v) is 2.78. The van der Waals surface area contributed by atoms with E-state index in [0.717, 1.165) is 24.4 Å². The summed E-state index contributed by atoms with van der Waals surface area (Å²) in [6, 6.07) is 4.06. The van der Waals surface area contributed by atoms with Crippen LogP contribution in [0.5, 0.6) is 0 Å². The number of carboxylic acids is 1. The second-order valence-corrected chi connectivity index (χ2v) is 6.06. The zero-order valence-electron chi connectivity index (χ0n) is 10.2. The van der Waals surface area contributed by atoms with E-state index in [1.807, 2.05) is 0 Å². The molecule has 0 unspecified atom stereocenters. The molecule has 21 heavy (non-hydrogen) atoms. The third-order valence-corrected chi connectivity index (χ3v) is 4.00. The van der Waals surface area contributed by atoms with Gasteiger partial charge in [0.15, 0.2) is 0 Å². The lowest BCUT2D eigenvalue weighted by atomic mass is 10.2. The molecule has 2 rings (SSSR count). The largest absolute Gasteiger partial charge is 0.478 e. The van der Waals surface area contributed by atoms with Gasteiger partial charge in [-0.05, 0) is 24.3 Å². The molecule has 0 bridgehead atoms. The summed E-state index contributed by atoms with van der Waals surface area (Å²) in [5, 5.41) is 8.83. The zero-order valence-corrected chi connectivity index (χ0v) is 11.8. The van der Waals surface area contributed by atoms with Gasteiger partial charge in [0.1, 0.15) is 10.7 Å². The summed E-state index contributed by atoms with van der Waals surface area (Å²) in [5.41, 5.74) is -0.667. The maximum absolute atomic E-state index is 13.5. The van der Waals surface area contributed by atoms with Gasteiger partial charge >= 0.3 is 5.97 Å². The Kier molecular flexibility index (Phi) is 4.10. The van der Waals surface area contributed by atoms with Crippen LogP contribution in [-0.2, 0) is 10.0 Å². The molecule has 0 aliphatic carbocycles. The van der Waals surface area contributed by atoms with E-state index < -0.39 is 27.4 Å². The molecule has 0 atom stereocenters. The number of nitrogens with zero attached hydrogens (tertiary/aromatic N) is 1. The van der Waals surface area contributed by atoms with Gasteiger partial charge in [0, 0.05) is 12.4 Å². The highest BCUT2D eigenvalue weighted by Gasteiger charge is 2.17. The van der Waals surface area contributed by atoms with Crippen LogP contribution in [0.15, 0.2) is 41.6 Å². The number of carbonyl (C=O) groups is 1. The van der Waals surface area contributed by atoms with E-state index in [-0.39, 0.29) is 15.6 Å². The second-order valence-electron chi connectivity index (χ2n) is 3.94.